The van der Waals surface area contributed by atoms with Crippen LogP contribution in [-0.2, 0) is 11.5 Å². The maximum Gasteiger partial charge on any atom is 0.330 e. The molecule has 21 heavy (non-hydrogen) atoms. The molecule has 0 fully saturated rings. The van der Waals surface area contributed by atoms with E-state index >= 15 is 0 Å². The highest BCUT2D eigenvalue weighted by Gasteiger charge is 2.11. The first-order chi connectivity index (χ1) is 10.3. The van der Waals surface area contributed by atoms with Crippen molar-refractivity contribution in [2.45, 2.75) is 26.0 Å². The second-order valence-electron chi connectivity index (χ2n) is 5.35. The number of H-pyrrole nitrogens is 1. The van der Waals surface area contributed by atoms with Crippen LogP contribution < -0.4 is 11.2 Å². The fourth-order valence-electron chi connectivity index (χ4n) is 2.69. The number of hydrogen-bond acceptors (Lipinski definition) is 3. The van der Waals surface area contributed by atoms with Crippen molar-refractivity contribution < 1.29 is 4.74 Å². The lowest BCUT2D eigenvalue weighted by molar-refractivity contribution is 0.0474. The number of ether oxygens (including phenoxy) is 1. The van der Waals surface area contributed by atoms with Gasteiger partial charge in [-0.15, -0.1) is 0 Å². The second kappa shape index (κ2) is 6.10. The smallest absolute Gasteiger partial charge is 0.330 e. The van der Waals surface area contributed by atoms with E-state index < -0.39 is 5.69 Å². The Kier molecular flexibility index (Phi) is 4.01. The summed E-state index contributed by atoms with van der Waals surface area (Å²) in [6.45, 7) is 0.792. The summed E-state index contributed by atoms with van der Waals surface area (Å²) in [6.07, 6.45) is 7.62. The lowest BCUT2D eigenvalue weighted by atomic mass is 9.95. The normalized spacial score (nSPS) is 18.2. The SMILES string of the molecule is O=c1[nH]c(=O)n(COCC2CC=CCC2)c2ccccc12. The summed E-state index contributed by atoms with van der Waals surface area (Å²) in [5.41, 5.74) is -0.179. The first-order valence-corrected chi connectivity index (χ1v) is 7.20. The minimum absolute atomic E-state index is 0.163. The van der Waals surface area contributed by atoms with Gasteiger partial charge in [0.05, 0.1) is 17.5 Å². The van der Waals surface area contributed by atoms with Crippen molar-refractivity contribution in [3.05, 3.63) is 57.3 Å². The molecule has 0 saturated heterocycles. The predicted octanol–water partition coefficient (Wildman–Crippen LogP) is 2.02. The number of nitrogens with one attached hydrogen (secondary N) is 1. The summed E-state index contributed by atoms with van der Waals surface area (Å²) in [4.78, 5) is 26.0. The van der Waals surface area contributed by atoms with Gasteiger partial charge in [-0.1, -0.05) is 24.3 Å². The minimum Gasteiger partial charge on any atom is -0.360 e. The number of aromatic nitrogens is 2. The van der Waals surface area contributed by atoms with E-state index in [4.69, 9.17) is 4.74 Å². The fourth-order valence-corrected chi connectivity index (χ4v) is 2.69. The molecule has 0 radical (unpaired) electrons. The molecule has 1 aliphatic rings. The summed E-state index contributed by atoms with van der Waals surface area (Å²) < 4.78 is 7.16. The summed E-state index contributed by atoms with van der Waals surface area (Å²) in [6, 6.07) is 7.06. The van der Waals surface area contributed by atoms with E-state index in [2.05, 4.69) is 17.1 Å². The Labute approximate surface area is 121 Å². The number of para-hydroxylation sites is 1. The number of fused-ring (bicyclic) bond motifs is 1. The van der Waals surface area contributed by atoms with E-state index in [0.717, 1.165) is 19.3 Å². The molecule has 0 aliphatic heterocycles. The molecule has 1 aliphatic carbocycles. The molecule has 1 atom stereocenters. The molecule has 1 heterocycles. The predicted molar refractivity (Wildman–Crippen MR) is 81.3 cm³/mol. The molecule has 1 aromatic carbocycles. The van der Waals surface area contributed by atoms with E-state index in [-0.39, 0.29) is 12.3 Å². The molecule has 2 aromatic rings. The summed E-state index contributed by atoms with van der Waals surface area (Å²) in [7, 11) is 0. The quantitative estimate of drug-likeness (QED) is 0.875. The number of rotatable bonds is 4. The third-order valence-electron chi connectivity index (χ3n) is 3.86. The van der Waals surface area contributed by atoms with E-state index in [1.807, 2.05) is 6.07 Å². The van der Waals surface area contributed by atoms with Crippen molar-refractivity contribution in [1.29, 1.82) is 0 Å². The van der Waals surface area contributed by atoms with Crippen molar-refractivity contribution in [3.8, 4) is 0 Å². The van der Waals surface area contributed by atoms with Crippen LogP contribution in [0.15, 0.2) is 46.0 Å². The molecule has 0 bridgehead atoms. The number of hydrogen-bond donors (Lipinski definition) is 1. The Hall–Kier alpha value is -2.14. The van der Waals surface area contributed by atoms with E-state index in [0.29, 0.717) is 23.4 Å². The van der Waals surface area contributed by atoms with Gasteiger partial charge >= 0.3 is 5.69 Å². The highest BCUT2D eigenvalue weighted by atomic mass is 16.5. The van der Waals surface area contributed by atoms with Crippen LogP contribution in [0.3, 0.4) is 0 Å². The summed E-state index contributed by atoms with van der Waals surface area (Å²) >= 11 is 0. The molecule has 0 spiro atoms. The number of allylic oxidation sites excluding steroid dienone is 2. The maximum atomic E-state index is 12.0. The summed E-state index contributed by atoms with van der Waals surface area (Å²) in [5.74, 6) is 0.514. The average molecular weight is 286 g/mol. The Morgan fingerprint density at radius 1 is 1.24 bits per heavy atom. The largest absolute Gasteiger partial charge is 0.360 e. The molecule has 0 saturated carbocycles. The van der Waals surface area contributed by atoms with Crippen molar-refractivity contribution in [2.75, 3.05) is 6.61 Å². The lowest BCUT2D eigenvalue weighted by Crippen LogP contribution is -2.31. The highest BCUT2D eigenvalue weighted by Crippen LogP contribution is 2.18. The van der Waals surface area contributed by atoms with Gasteiger partial charge in [0.2, 0.25) is 0 Å². The number of nitrogens with zero attached hydrogens (tertiary/aromatic N) is 1. The van der Waals surface area contributed by atoms with E-state index in [1.54, 1.807) is 18.2 Å². The Morgan fingerprint density at radius 3 is 2.90 bits per heavy atom. The molecule has 5 heteroatoms. The molecule has 1 aromatic heterocycles. The van der Waals surface area contributed by atoms with Crippen LogP contribution in [0.4, 0.5) is 0 Å². The van der Waals surface area contributed by atoms with Gasteiger partial charge in [-0.2, -0.15) is 0 Å². The van der Waals surface area contributed by atoms with Gasteiger partial charge in [0, 0.05) is 0 Å². The van der Waals surface area contributed by atoms with Gasteiger partial charge in [-0.05, 0) is 37.3 Å². The Bertz CT molecular complexity index is 773. The van der Waals surface area contributed by atoms with Crippen LogP contribution in [0.2, 0.25) is 0 Å². The van der Waals surface area contributed by atoms with Crippen molar-refractivity contribution in [2.24, 2.45) is 5.92 Å². The summed E-state index contributed by atoms with van der Waals surface area (Å²) in [5, 5.41) is 0.501. The van der Waals surface area contributed by atoms with Crippen molar-refractivity contribution in [3.63, 3.8) is 0 Å². The molecule has 1 unspecified atom stereocenters. The van der Waals surface area contributed by atoms with Gasteiger partial charge in [-0.3, -0.25) is 14.3 Å². The van der Waals surface area contributed by atoms with Crippen molar-refractivity contribution in [1.82, 2.24) is 9.55 Å². The lowest BCUT2D eigenvalue weighted by Gasteiger charge is -2.18. The minimum atomic E-state index is -0.428. The maximum absolute atomic E-state index is 12.0. The van der Waals surface area contributed by atoms with Gasteiger partial charge in [0.1, 0.15) is 6.73 Å². The van der Waals surface area contributed by atoms with Gasteiger partial charge in [0.25, 0.3) is 5.56 Å². The molecular formula is C16H18N2O3. The van der Waals surface area contributed by atoms with Crippen LogP contribution >= 0.6 is 0 Å². The molecule has 0 amide bonds. The molecule has 3 rings (SSSR count). The third kappa shape index (κ3) is 2.97. The highest BCUT2D eigenvalue weighted by molar-refractivity contribution is 5.77. The first kappa shape index (κ1) is 13.8. The van der Waals surface area contributed by atoms with Crippen LogP contribution in [0.5, 0.6) is 0 Å². The monoisotopic (exact) mass is 286 g/mol. The second-order valence-corrected chi connectivity index (χ2v) is 5.35. The Morgan fingerprint density at radius 2 is 2.10 bits per heavy atom. The van der Waals surface area contributed by atoms with Gasteiger partial charge in [0.15, 0.2) is 0 Å². The van der Waals surface area contributed by atoms with Crippen LogP contribution in [-0.4, -0.2) is 16.2 Å². The van der Waals surface area contributed by atoms with E-state index in [1.165, 1.54) is 4.57 Å². The Balaban J connectivity index is 1.79. The molecule has 110 valence electrons. The topological polar surface area (TPSA) is 64.1 Å². The van der Waals surface area contributed by atoms with Crippen LogP contribution in [0, 0.1) is 5.92 Å². The zero-order valence-electron chi connectivity index (χ0n) is 11.7. The van der Waals surface area contributed by atoms with Crippen LogP contribution in [0.25, 0.3) is 10.9 Å². The third-order valence-corrected chi connectivity index (χ3v) is 3.86. The first-order valence-electron chi connectivity index (χ1n) is 7.20. The molecule has 1 N–H and O–H groups in total. The fraction of sp³-hybridized carbons (Fsp3) is 0.375. The van der Waals surface area contributed by atoms with E-state index in [9.17, 15) is 9.59 Å². The average Bonchev–Trinajstić information content (AvgIpc) is 2.51. The molecular weight excluding hydrogens is 268 g/mol. The standard InChI is InChI=1S/C16H18N2O3/c19-15-13-8-4-5-9-14(13)18(16(20)17-15)11-21-10-12-6-2-1-3-7-12/h1-2,4-5,8-9,12H,3,6-7,10-11H2,(H,17,19,20). The van der Waals surface area contributed by atoms with Crippen molar-refractivity contribution >= 4 is 10.9 Å². The molecule has 5 nitrogen and oxygen atoms in total. The number of benzene rings is 1. The van der Waals surface area contributed by atoms with Gasteiger partial charge in [-0.25, -0.2) is 4.79 Å². The number of aromatic amines is 1. The zero-order chi connectivity index (χ0) is 14.7. The zero-order valence-corrected chi connectivity index (χ0v) is 11.7. The van der Waals surface area contributed by atoms with Crippen LogP contribution in [0.1, 0.15) is 19.3 Å². The van der Waals surface area contributed by atoms with Gasteiger partial charge < -0.3 is 4.74 Å².